The summed E-state index contributed by atoms with van der Waals surface area (Å²) >= 11 is 0. The van der Waals surface area contributed by atoms with Crippen LogP contribution in [0, 0.1) is 0 Å². The quantitative estimate of drug-likeness (QED) is 0.500. The largest absolute Gasteiger partial charge is 0.497 e. The zero-order chi connectivity index (χ0) is 23.9. The summed E-state index contributed by atoms with van der Waals surface area (Å²) in [6.45, 7) is 2.85. The summed E-state index contributed by atoms with van der Waals surface area (Å²) in [6, 6.07) is 16.9. The molecule has 1 aliphatic heterocycles. The third-order valence-corrected chi connectivity index (χ3v) is 6.29. The zero-order valence-electron chi connectivity index (χ0n) is 20.3. The van der Waals surface area contributed by atoms with Gasteiger partial charge in [-0.05, 0) is 80.0 Å². The van der Waals surface area contributed by atoms with Gasteiger partial charge >= 0.3 is 0 Å². The molecule has 0 aliphatic carbocycles. The SMILES string of the molecule is COc1ccc(N(Cc2ccnc(-c3cc(OC)c(OC)c(OC)c3)c2)C2CCNCC2)cc1. The van der Waals surface area contributed by atoms with Crippen molar-refractivity contribution in [1.82, 2.24) is 10.3 Å². The molecule has 0 spiro atoms. The monoisotopic (exact) mass is 463 g/mol. The first-order valence-electron chi connectivity index (χ1n) is 11.5. The van der Waals surface area contributed by atoms with E-state index in [9.17, 15) is 0 Å². The fraction of sp³-hybridized carbons (Fsp3) is 0.370. The number of ether oxygens (including phenoxy) is 4. The first-order valence-corrected chi connectivity index (χ1v) is 11.5. The van der Waals surface area contributed by atoms with Crippen molar-refractivity contribution >= 4 is 5.69 Å². The Morgan fingerprint density at radius 1 is 0.853 bits per heavy atom. The van der Waals surface area contributed by atoms with Gasteiger partial charge in [0.15, 0.2) is 11.5 Å². The number of anilines is 1. The highest BCUT2D eigenvalue weighted by molar-refractivity contribution is 5.69. The highest BCUT2D eigenvalue weighted by Crippen LogP contribution is 2.41. The molecule has 1 N–H and O–H groups in total. The number of hydrogen-bond donors (Lipinski definition) is 1. The molecule has 1 aromatic heterocycles. The van der Waals surface area contributed by atoms with Gasteiger partial charge in [0.05, 0.1) is 34.1 Å². The molecule has 2 heterocycles. The fourth-order valence-electron chi connectivity index (χ4n) is 4.48. The summed E-state index contributed by atoms with van der Waals surface area (Å²) in [7, 11) is 6.54. The van der Waals surface area contributed by atoms with Crippen LogP contribution in [-0.4, -0.2) is 52.6 Å². The van der Waals surface area contributed by atoms with Crippen LogP contribution in [0.3, 0.4) is 0 Å². The van der Waals surface area contributed by atoms with Crippen LogP contribution < -0.4 is 29.2 Å². The molecule has 34 heavy (non-hydrogen) atoms. The van der Waals surface area contributed by atoms with Crippen LogP contribution in [0.15, 0.2) is 54.7 Å². The molecule has 1 fully saturated rings. The normalized spacial score (nSPS) is 13.9. The topological polar surface area (TPSA) is 65.1 Å². The van der Waals surface area contributed by atoms with E-state index in [1.54, 1.807) is 28.4 Å². The molecule has 0 saturated carbocycles. The van der Waals surface area contributed by atoms with Gasteiger partial charge < -0.3 is 29.2 Å². The van der Waals surface area contributed by atoms with E-state index in [0.717, 1.165) is 49.5 Å². The van der Waals surface area contributed by atoms with Gasteiger partial charge in [-0.25, -0.2) is 0 Å². The lowest BCUT2D eigenvalue weighted by molar-refractivity contribution is 0.324. The van der Waals surface area contributed by atoms with Crippen molar-refractivity contribution < 1.29 is 18.9 Å². The van der Waals surface area contributed by atoms with Crippen LogP contribution in [0.4, 0.5) is 5.69 Å². The van der Waals surface area contributed by atoms with Gasteiger partial charge in [0, 0.05) is 30.0 Å². The maximum atomic E-state index is 5.53. The summed E-state index contributed by atoms with van der Waals surface area (Å²) in [4.78, 5) is 7.13. The molecule has 180 valence electrons. The maximum Gasteiger partial charge on any atom is 0.203 e. The number of piperidine rings is 1. The van der Waals surface area contributed by atoms with Crippen LogP contribution in [0.5, 0.6) is 23.0 Å². The highest BCUT2D eigenvalue weighted by atomic mass is 16.5. The number of benzene rings is 2. The third kappa shape index (κ3) is 5.20. The number of nitrogens with zero attached hydrogens (tertiary/aromatic N) is 2. The van der Waals surface area contributed by atoms with E-state index < -0.39 is 0 Å². The average Bonchev–Trinajstić information content (AvgIpc) is 2.91. The Bertz CT molecular complexity index is 1060. The fourth-order valence-corrected chi connectivity index (χ4v) is 4.48. The Morgan fingerprint density at radius 3 is 2.12 bits per heavy atom. The Labute approximate surface area is 201 Å². The molecular weight excluding hydrogens is 430 g/mol. The van der Waals surface area contributed by atoms with E-state index in [1.165, 1.54) is 11.3 Å². The van der Waals surface area contributed by atoms with Crippen LogP contribution >= 0.6 is 0 Å². The van der Waals surface area contributed by atoms with E-state index in [-0.39, 0.29) is 0 Å². The molecule has 0 bridgehead atoms. The molecule has 0 amide bonds. The first kappa shape index (κ1) is 23.7. The molecule has 3 aromatic rings. The lowest BCUT2D eigenvalue weighted by Gasteiger charge is -2.36. The second kappa shape index (κ2) is 11.1. The van der Waals surface area contributed by atoms with Gasteiger partial charge in [0.1, 0.15) is 5.75 Å². The van der Waals surface area contributed by atoms with Gasteiger partial charge in [-0.2, -0.15) is 0 Å². The second-order valence-corrected chi connectivity index (χ2v) is 8.27. The zero-order valence-corrected chi connectivity index (χ0v) is 20.3. The van der Waals surface area contributed by atoms with Crippen LogP contribution in [0.2, 0.25) is 0 Å². The Balaban J connectivity index is 1.66. The van der Waals surface area contributed by atoms with Crippen LogP contribution in [0.25, 0.3) is 11.3 Å². The molecule has 0 atom stereocenters. The molecule has 1 saturated heterocycles. The van der Waals surface area contributed by atoms with Crippen molar-refractivity contribution in [2.45, 2.75) is 25.4 Å². The summed E-state index contributed by atoms with van der Waals surface area (Å²) < 4.78 is 21.9. The summed E-state index contributed by atoms with van der Waals surface area (Å²) in [6.07, 6.45) is 4.08. The van der Waals surface area contributed by atoms with E-state index in [0.29, 0.717) is 23.3 Å². The minimum atomic E-state index is 0.465. The molecule has 7 nitrogen and oxygen atoms in total. The third-order valence-electron chi connectivity index (χ3n) is 6.29. The maximum absolute atomic E-state index is 5.53. The standard InChI is InChI=1S/C27H33N3O4/c1-31-23-7-5-21(6-8-23)30(22-10-12-28-13-11-22)18-19-9-14-29-24(15-19)20-16-25(32-2)27(34-4)26(17-20)33-3/h5-9,14-17,22,28H,10-13,18H2,1-4H3. The van der Waals surface area contributed by atoms with Crippen molar-refractivity contribution in [3.63, 3.8) is 0 Å². The van der Waals surface area contributed by atoms with E-state index in [4.69, 9.17) is 18.9 Å². The predicted molar refractivity (Wildman–Crippen MR) is 134 cm³/mol. The minimum absolute atomic E-state index is 0.465. The van der Waals surface area contributed by atoms with Crippen molar-refractivity contribution in [2.75, 3.05) is 46.4 Å². The van der Waals surface area contributed by atoms with Gasteiger partial charge in [-0.1, -0.05) is 0 Å². The lowest BCUT2D eigenvalue weighted by Crippen LogP contribution is -2.43. The van der Waals surface area contributed by atoms with Gasteiger partial charge in [-0.15, -0.1) is 0 Å². The molecule has 0 unspecified atom stereocenters. The van der Waals surface area contributed by atoms with Crippen LogP contribution in [0.1, 0.15) is 18.4 Å². The Morgan fingerprint density at radius 2 is 1.53 bits per heavy atom. The summed E-state index contributed by atoms with van der Waals surface area (Å²) in [5, 5.41) is 3.47. The van der Waals surface area contributed by atoms with Crippen LogP contribution in [-0.2, 0) is 6.54 Å². The van der Waals surface area contributed by atoms with E-state index >= 15 is 0 Å². The first-order chi connectivity index (χ1) is 16.7. The summed E-state index contributed by atoms with van der Waals surface area (Å²) in [5.41, 5.74) is 4.15. The smallest absolute Gasteiger partial charge is 0.203 e. The molecule has 2 aromatic carbocycles. The van der Waals surface area contributed by atoms with Gasteiger partial charge in [0.25, 0.3) is 0 Å². The predicted octanol–water partition coefficient (Wildman–Crippen LogP) is 4.54. The number of nitrogens with one attached hydrogen (secondary N) is 1. The molecule has 7 heteroatoms. The Hall–Kier alpha value is -3.45. The van der Waals surface area contributed by atoms with Crippen molar-refractivity contribution in [3.05, 3.63) is 60.3 Å². The second-order valence-electron chi connectivity index (χ2n) is 8.27. The number of methoxy groups -OCH3 is 4. The van der Waals surface area contributed by atoms with E-state index in [1.807, 2.05) is 30.5 Å². The lowest BCUT2D eigenvalue weighted by atomic mass is 10.0. The highest BCUT2D eigenvalue weighted by Gasteiger charge is 2.22. The van der Waals surface area contributed by atoms with Crippen molar-refractivity contribution in [3.8, 4) is 34.3 Å². The van der Waals surface area contributed by atoms with Crippen molar-refractivity contribution in [2.24, 2.45) is 0 Å². The molecule has 0 radical (unpaired) electrons. The number of hydrogen-bond acceptors (Lipinski definition) is 7. The molecule has 1 aliphatic rings. The van der Waals surface area contributed by atoms with Gasteiger partial charge in [0.2, 0.25) is 5.75 Å². The van der Waals surface area contributed by atoms with Crippen molar-refractivity contribution in [1.29, 1.82) is 0 Å². The number of aromatic nitrogens is 1. The molecular formula is C27H33N3O4. The number of pyridine rings is 1. The van der Waals surface area contributed by atoms with Gasteiger partial charge in [-0.3, -0.25) is 4.98 Å². The molecule has 4 rings (SSSR count). The average molecular weight is 464 g/mol. The summed E-state index contributed by atoms with van der Waals surface area (Å²) in [5.74, 6) is 2.65. The number of rotatable bonds is 9. The minimum Gasteiger partial charge on any atom is -0.497 e. The Kier molecular flexibility index (Phi) is 7.75. The van der Waals surface area contributed by atoms with E-state index in [2.05, 4.69) is 39.5 Å².